The van der Waals surface area contributed by atoms with Gasteiger partial charge < -0.3 is 4.42 Å². The third kappa shape index (κ3) is 2.40. The van der Waals surface area contributed by atoms with E-state index in [1.165, 1.54) is 4.57 Å². The van der Waals surface area contributed by atoms with E-state index in [9.17, 15) is 9.59 Å². The summed E-state index contributed by atoms with van der Waals surface area (Å²) in [4.78, 5) is 23.8. The summed E-state index contributed by atoms with van der Waals surface area (Å²) in [6.07, 6.45) is 0.312. The van der Waals surface area contributed by atoms with E-state index >= 15 is 0 Å². The molecule has 3 aromatic rings. The van der Waals surface area contributed by atoms with E-state index in [1.807, 2.05) is 36.4 Å². The maximum Gasteiger partial charge on any atom is 0.420 e. The Balaban J connectivity index is 1.85. The Morgan fingerprint density at radius 1 is 1.00 bits per heavy atom. The number of Topliss-reactive ketones (excluding diaryl/α,β-unsaturated/α-hetero) is 1. The van der Waals surface area contributed by atoms with Gasteiger partial charge in [-0.2, -0.15) is 0 Å². The van der Waals surface area contributed by atoms with Gasteiger partial charge in [0.05, 0.1) is 12.1 Å². The standard InChI is InChI=1S/C16H13NO3/c18-13(10-12-6-2-1-3-7-12)11-17-14-8-4-5-9-15(14)20-16(17)19/h1-9H,10-11H2. The van der Waals surface area contributed by atoms with E-state index in [0.29, 0.717) is 17.5 Å². The lowest BCUT2D eigenvalue weighted by atomic mass is 10.1. The van der Waals surface area contributed by atoms with E-state index in [0.717, 1.165) is 5.56 Å². The lowest BCUT2D eigenvalue weighted by Crippen LogP contribution is -2.21. The van der Waals surface area contributed by atoms with Crippen LogP contribution in [0.1, 0.15) is 5.56 Å². The Hall–Kier alpha value is -2.62. The molecule has 3 rings (SSSR count). The van der Waals surface area contributed by atoms with Gasteiger partial charge in [-0.25, -0.2) is 4.79 Å². The number of ketones is 1. The summed E-state index contributed by atoms with van der Waals surface area (Å²) in [5, 5.41) is 0. The van der Waals surface area contributed by atoms with Gasteiger partial charge in [0, 0.05) is 6.42 Å². The molecule has 4 nitrogen and oxygen atoms in total. The summed E-state index contributed by atoms with van der Waals surface area (Å²) in [5.74, 6) is -0.516. The predicted octanol–water partition coefficient (Wildman–Crippen LogP) is 2.41. The monoisotopic (exact) mass is 267 g/mol. The van der Waals surface area contributed by atoms with E-state index < -0.39 is 5.76 Å². The van der Waals surface area contributed by atoms with Gasteiger partial charge in [0.25, 0.3) is 0 Å². The summed E-state index contributed by atoms with van der Waals surface area (Å²) in [6, 6.07) is 16.6. The lowest BCUT2D eigenvalue weighted by molar-refractivity contribution is -0.119. The zero-order valence-electron chi connectivity index (χ0n) is 10.8. The highest BCUT2D eigenvalue weighted by molar-refractivity contribution is 5.82. The first-order chi connectivity index (χ1) is 9.74. The van der Waals surface area contributed by atoms with Crippen molar-refractivity contribution in [1.29, 1.82) is 0 Å². The largest absolute Gasteiger partial charge is 0.420 e. The normalized spacial score (nSPS) is 10.8. The fraction of sp³-hybridized carbons (Fsp3) is 0.125. The van der Waals surface area contributed by atoms with Crippen LogP contribution in [0.25, 0.3) is 11.1 Å². The van der Waals surface area contributed by atoms with Crippen LogP contribution in [0, 0.1) is 0 Å². The molecule has 1 heterocycles. The molecule has 0 N–H and O–H groups in total. The fourth-order valence-electron chi connectivity index (χ4n) is 2.22. The van der Waals surface area contributed by atoms with Crippen LogP contribution in [0.4, 0.5) is 0 Å². The molecular weight excluding hydrogens is 254 g/mol. The van der Waals surface area contributed by atoms with Crippen molar-refractivity contribution in [2.75, 3.05) is 0 Å². The molecule has 0 spiro atoms. The van der Waals surface area contributed by atoms with Crippen LogP contribution >= 0.6 is 0 Å². The summed E-state index contributed by atoms with van der Waals surface area (Å²) >= 11 is 0. The average Bonchev–Trinajstić information content (AvgIpc) is 2.76. The zero-order valence-corrected chi connectivity index (χ0v) is 10.8. The second kappa shape index (κ2) is 5.17. The van der Waals surface area contributed by atoms with Crippen LogP contribution in [-0.4, -0.2) is 10.4 Å². The molecule has 0 bridgehead atoms. The van der Waals surface area contributed by atoms with Gasteiger partial charge in [0.2, 0.25) is 0 Å². The van der Waals surface area contributed by atoms with Gasteiger partial charge in [-0.3, -0.25) is 9.36 Å². The number of aromatic nitrogens is 1. The van der Waals surface area contributed by atoms with Crippen molar-refractivity contribution in [3.63, 3.8) is 0 Å². The first kappa shape index (κ1) is 12.4. The molecule has 20 heavy (non-hydrogen) atoms. The van der Waals surface area contributed by atoms with Crippen molar-refractivity contribution in [2.45, 2.75) is 13.0 Å². The zero-order chi connectivity index (χ0) is 13.9. The summed E-state index contributed by atoms with van der Waals surface area (Å²) in [7, 11) is 0. The molecule has 0 saturated heterocycles. The minimum absolute atomic E-state index is 0.0233. The highest BCUT2D eigenvalue weighted by Crippen LogP contribution is 2.12. The number of oxazole rings is 1. The molecule has 0 radical (unpaired) electrons. The molecule has 4 heteroatoms. The minimum atomic E-state index is -0.493. The number of nitrogens with zero attached hydrogens (tertiary/aromatic N) is 1. The number of hydrogen-bond donors (Lipinski definition) is 0. The van der Waals surface area contributed by atoms with Crippen molar-refractivity contribution in [1.82, 2.24) is 4.57 Å². The average molecular weight is 267 g/mol. The van der Waals surface area contributed by atoms with Crippen molar-refractivity contribution >= 4 is 16.9 Å². The Morgan fingerprint density at radius 3 is 2.50 bits per heavy atom. The van der Waals surface area contributed by atoms with Crippen LogP contribution in [0.2, 0.25) is 0 Å². The molecule has 0 aliphatic rings. The van der Waals surface area contributed by atoms with Crippen LogP contribution in [-0.2, 0) is 17.8 Å². The second-order valence-corrected chi connectivity index (χ2v) is 4.62. The SMILES string of the molecule is O=C(Cc1ccccc1)Cn1c(=O)oc2ccccc21. The van der Waals surface area contributed by atoms with Crippen molar-refractivity contribution in [3.05, 3.63) is 70.7 Å². The highest BCUT2D eigenvalue weighted by Gasteiger charge is 2.12. The number of carbonyl (C=O) groups is 1. The third-order valence-electron chi connectivity index (χ3n) is 3.15. The number of benzene rings is 2. The minimum Gasteiger partial charge on any atom is -0.408 e. The Bertz CT molecular complexity index is 799. The lowest BCUT2D eigenvalue weighted by Gasteiger charge is -2.02. The quantitative estimate of drug-likeness (QED) is 0.729. The Morgan fingerprint density at radius 2 is 1.70 bits per heavy atom. The highest BCUT2D eigenvalue weighted by atomic mass is 16.4. The van der Waals surface area contributed by atoms with Crippen LogP contribution in [0.3, 0.4) is 0 Å². The van der Waals surface area contributed by atoms with E-state index in [2.05, 4.69) is 0 Å². The molecule has 100 valence electrons. The summed E-state index contributed by atoms with van der Waals surface area (Å²) in [6.45, 7) is 0.0325. The topological polar surface area (TPSA) is 52.2 Å². The molecule has 2 aromatic carbocycles. The summed E-state index contributed by atoms with van der Waals surface area (Å²) in [5.41, 5.74) is 2.10. The van der Waals surface area contributed by atoms with Gasteiger partial charge >= 0.3 is 5.76 Å². The van der Waals surface area contributed by atoms with Crippen LogP contribution < -0.4 is 5.76 Å². The van der Waals surface area contributed by atoms with Gasteiger partial charge in [-0.1, -0.05) is 42.5 Å². The first-order valence-electron chi connectivity index (χ1n) is 6.38. The maximum absolute atomic E-state index is 12.1. The van der Waals surface area contributed by atoms with Crippen molar-refractivity contribution in [3.8, 4) is 0 Å². The van der Waals surface area contributed by atoms with Crippen molar-refractivity contribution in [2.24, 2.45) is 0 Å². The smallest absolute Gasteiger partial charge is 0.408 e. The number of para-hydroxylation sites is 2. The third-order valence-corrected chi connectivity index (χ3v) is 3.15. The molecule has 1 aromatic heterocycles. The van der Waals surface area contributed by atoms with Gasteiger partial charge in [-0.05, 0) is 17.7 Å². The predicted molar refractivity (Wildman–Crippen MR) is 75.6 cm³/mol. The summed E-state index contributed by atoms with van der Waals surface area (Å²) < 4.78 is 6.48. The maximum atomic E-state index is 12.1. The van der Waals surface area contributed by atoms with Crippen LogP contribution in [0.5, 0.6) is 0 Å². The Kier molecular flexibility index (Phi) is 3.21. The molecule has 0 fully saturated rings. The number of rotatable bonds is 4. The van der Waals surface area contributed by atoms with Gasteiger partial charge in [-0.15, -0.1) is 0 Å². The molecule has 0 amide bonds. The first-order valence-corrected chi connectivity index (χ1v) is 6.38. The molecule has 0 unspecified atom stereocenters. The van der Waals surface area contributed by atoms with E-state index in [1.54, 1.807) is 18.2 Å². The van der Waals surface area contributed by atoms with E-state index in [-0.39, 0.29) is 12.3 Å². The number of hydrogen-bond acceptors (Lipinski definition) is 3. The van der Waals surface area contributed by atoms with Gasteiger partial charge in [0.15, 0.2) is 11.4 Å². The second-order valence-electron chi connectivity index (χ2n) is 4.62. The molecule has 0 aliphatic heterocycles. The number of fused-ring (bicyclic) bond motifs is 1. The molecule has 0 saturated carbocycles. The van der Waals surface area contributed by atoms with Gasteiger partial charge in [0.1, 0.15) is 0 Å². The molecular formula is C16H13NO3. The Labute approximate surface area is 115 Å². The van der Waals surface area contributed by atoms with Crippen LogP contribution in [0.15, 0.2) is 63.8 Å². The fourth-order valence-corrected chi connectivity index (χ4v) is 2.22. The molecule has 0 aliphatic carbocycles. The number of carbonyl (C=O) groups excluding carboxylic acids is 1. The van der Waals surface area contributed by atoms with Crippen molar-refractivity contribution < 1.29 is 9.21 Å². The van der Waals surface area contributed by atoms with E-state index in [4.69, 9.17) is 4.42 Å². The molecule has 0 atom stereocenters.